The van der Waals surface area contributed by atoms with E-state index in [1.807, 2.05) is 0 Å². The highest BCUT2D eigenvalue weighted by Crippen LogP contribution is 2.45. The van der Waals surface area contributed by atoms with Crippen LogP contribution in [0.3, 0.4) is 0 Å². The van der Waals surface area contributed by atoms with Gasteiger partial charge in [0.1, 0.15) is 0 Å². The van der Waals surface area contributed by atoms with Crippen LogP contribution in [0.4, 0.5) is 0 Å². The molecule has 2 N–H and O–H groups in total. The Morgan fingerprint density at radius 1 is 1.16 bits per heavy atom. The van der Waals surface area contributed by atoms with Crippen molar-refractivity contribution in [3.8, 4) is 0 Å². The summed E-state index contributed by atoms with van der Waals surface area (Å²) in [7, 11) is 0. The lowest BCUT2D eigenvalue weighted by atomic mass is 9.83. The van der Waals surface area contributed by atoms with Crippen molar-refractivity contribution in [1.29, 1.82) is 0 Å². The highest BCUT2D eigenvalue weighted by Gasteiger charge is 2.56. The van der Waals surface area contributed by atoms with Gasteiger partial charge in [-0.05, 0) is 59.1 Å². The molecule has 1 aromatic heterocycles. The smallest absolute Gasteiger partial charge is 0.327 e. The number of hydrogen-bond donors (Lipinski definition) is 2. The molecule has 0 amide bonds. The molecule has 6 nitrogen and oxygen atoms in total. The molecule has 0 radical (unpaired) electrons. The van der Waals surface area contributed by atoms with Crippen molar-refractivity contribution in [3.05, 3.63) is 56.3 Å². The summed E-state index contributed by atoms with van der Waals surface area (Å²) < 4.78 is 1.84. The van der Waals surface area contributed by atoms with Crippen molar-refractivity contribution in [1.82, 2.24) is 4.57 Å². The molecule has 1 aliphatic heterocycles. The Bertz CT molecular complexity index is 902. The molecule has 3 rings (SSSR count). The molecular formula is C17H13BrClNO5. The Balaban J connectivity index is 2.22. The molecule has 8 heteroatoms. The zero-order chi connectivity index (χ0) is 18.5. The summed E-state index contributed by atoms with van der Waals surface area (Å²) in [5.41, 5.74) is -0.775. The van der Waals surface area contributed by atoms with Crippen molar-refractivity contribution in [2.75, 3.05) is 0 Å². The van der Waals surface area contributed by atoms with E-state index in [2.05, 4.69) is 15.9 Å². The number of fused-ring (bicyclic) bond motifs is 1. The van der Waals surface area contributed by atoms with Crippen LogP contribution in [0.2, 0.25) is 5.02 Å². The standard InChI is InChI=1S/C17H13BrClNO5/c1-8-11(18)14-17(15(22)23,16(24)25)6-7-20(14)12(8)13(21)9-2-4-10(19)5-3-9/h2-5H,6-7H2,1H3,(H,22,23)(H,24,25). The summed E-state index contributed by atoms with van der Waals surface area (Å²) in [4.78, 5) is 36.4. The molecule has 1 aliphatic rings. The van der Waals surface area contributed by atoms with Crippen LogP contribution >= 0.6 is 27.5 Å². The summed E-state index contributed by atoms with van der Waals surface area (Å²) in [5.74, 6) is -3.20. The number of carbonyl (C=O) groups is 3. The lowest BCUT2D eigenvalue weighted by Gasteiger charge is -2.18. The fourth-order valence-corrected chi connectivity index (χ4v) is 4.16. The van der Waals surface area contributed by atoms with Gasteiger partial charge in [0.2, 0.25) is 11.2 Å². The van der Waals surface area contributed by atoms with E-state index in [0.29, 0.717) is 20.6 Å². The molecule has 1 aromatic carbocycles. The number of aromatic nitrogens is 1. The maximum atomic E-state index is 12.9. The molecule has 0 aliphatic carbocycles. The Kier molecular flexibility index (Phi) is 4.25. The predicted molar refractivity (Wildman–Crippen MR) is 93.3 cm³/mol. The first-order chi connectivity index (χ1) is 11.7. The van der Waals surface area contributed by atoms with Crippen molar-refractivity contribution in [3.63, 3.8) is 0 Å². The molecule has 0 unspecified atom stereocenters. The molecule has 0 spiro atoms. The van der Waals surface area contributed by atoms with Crippen molar-refractivity contribution >= 4 is 45.3 Å². The number of carboxylic acids is 2. The van der Waals surface area contributed by atoms with Crippen LogP contribution in [0, 0.1) is 6.92 Å². The van der Waals surface area contributed by atoms with E-state index in [4.69, 9.17) is 11.6 Å². The molecule has 2 heterocycles. The average molecular weight is 427 g/mol. The second-order valence-electron chi connectivity index (χ2n) is 5.89. The zero-order valence-electron chi connectivity index (χ0n) is 13.0. The molecule has 0 saturated heterocycles. The molecule has 130 valence electrons. The molecule has 0 saturated carbocycles. The minimum absolute atomic E-state index is 0.0994. The van der Waals surface area contributed by atoms with Gasteiger partial charge in [-0.15, -0.1) is 0 Å². The van der Waals surface area contributed by atoms with Gasteiger partial charge in [0, 0.05) is 21.6 Å². The van der Waals surface area contributed by atoms with E-state index in [1.165, 1.54) is 4.57 Å². The number of aliphatic carboxylic acids is 2. The normalized spacial score (nSPS) is 15.0. The Hall–Kier alpha value is -2.12. The van der Waals surface area contributed by atoms with E-state index >= 15 is 0 Å². The quantitative estimate of drug-likeness (QED) is 0.578. The molecule has 25 heavy (non-hydrogen) atoms. The maximum Gasteiger partial charge on any atom is 0.327 e. The summed E-state index contributed by atoms with van der Waals surface area (Å²) >= 11 is 9.14. The van der Waals surface area contributed by atoms with Crippen LogP contribution in [-0.2, 0) is 21.5 Å². The predicted octanol–water partition coefficient (Wildman–Crippen LogP) is 3.25. The number of ketones is 1. The fourth-order valence-electron chi connectivity index (χ4n) is 3.29. The maximum absolute atomic E-state index is 12.9. The monoisotopic (exact) mass is 425 g/mol. The lowest BCUT2D eigenvalue weighted by Crippen LogP contribution is -2.42. The Morgan fingerprint density at radius 2 is 1.72 bits per heavy atom. The van der Waals surface area contributed by atoms with Gasteiger partial charge >= 0.3 is 11.9 Å². The summed E-state index contributed by atoms with van der Waals surface area (Å²) in [5, 5.41) is 19.6. The number of nitrogens with zero attached hydrogens (tertiary/aromatic N) is 1. The minimum atomic E-state index is -2.07. The van der Waals surface area contributed by atoms with Gasteiger partial charge in [-0.25, -0.2) is 0 Å². The summed E-state index contributed by atoms with van der Waals surface area (Å²) in [6.45, 7) is 1.79. The largest absolute Gasteiger partial charge is 0.480 e. The molecular weight excluding hydrogens is 414 g/mol. The number of halogens is 2. The third-order valence-corrected chi connectivity index (χ3v) is 5.82. The molecule has 0 bridgehead atoms. The Morgan fingerprint density at radius 3 is 2.24 bits per heavy atom. The van der Waals surface area contributed by atoms with Crippen LogP contribution < -0.4 is 0 Å². The highest BCUT2D eigenvalue weighted by molar-refractivity contribution is 9.10. The first-order valence-corrected chi connectivity index (χ1v) is 8.55. The summed E-state index contributed by atoms with van der Waals surface area (Å²) in [6, 6.07) is 6.33. The van der Waals surface area contributed by atoms with Gasteiger partial charge in [0.05, 0.1) is 11.4 Å². The van der Waals surface area contributed by atoms with E-state index in [1.54, 1.807) is 31.2 Å². The second-order valence-corrected chi connectivity index (χ2v) is 7.12. The number of benzene rings is 1. The SMILES string of the molecule is Cc1c(Br)c2n(c1C(=O)c1ccc(Cl)cc1)CCC2(C(=O)O)C(=O)O. The number of carbonyl (C=O) groups excluding carboxylic acids is 1. The number of carboxylic acid groups (broad SMARTS) is 2. The third kappa shape index (κ3) is 2.41. The second kappa shape index (κ2) is 6.00. The minimum Gasteiger partial charge on any atom is -0.480 e. The molecule has 0 fully saturated rings. The van der Waals surface area contributed by atoms with Crippen molar-refractivity contribution in [2.45, 2.75) is 25.3 Å². The summed E-state index contributed by atoms with van der Waals surface area (Å²) in [6.07, 6.45) is -0.118. The van der Waals surface area contributed by atoms with E-state index in [0.717, 1.165) is 0 Å². The Labute approximate surface area is 156 Å². The van der Waals surface area contributed by atoms with Crippen LogP contribution in [-0.4, -0.2) is 32.5 Å². The van der Waals surface area contributed by atoms with Crippen LogP contribution in [0.15, 0.2) is 28.7 Å². The number of rotatable bonds is 4. The van der Waals surface area contributed by atoms with E-state index in [9.17, 15) is 24.6 Å². The third-order valence-electron chi connectivity index (χ3n) is 4.60. The van der Waals surface area contributed by atoms with Crippen molar-refractivity contribution < 1.29 is 24.6 Å². The van der Waals surface area contributed by atoms with E-state index < -0.39 is 17.4 Å². The van der Waals surface area contributed by atoms with Gasteiger partial charge in [0.25, 0.3) is 0 Å². The van der Waals surface area contributed by atoms with Crippen molar-refractivity contribution in [2.24, 2.45) is 0 Å². The van der Waals surface area contributed by atoms with Crippen LogP contribution in [0.5, 0.6) is 0 Å². The van der Waals surface area contributed by atoms with Gasteiger partial charge in [-0.3, -0.25) is 14.4 Å². The van der Waals surface area contributed by atoms with Gasteiger partial charge in [-0.1, -0.05) is 11.6 Å². The number of hydrogen-bond acceptors (Lipinski definition) is 3. The highest BCUT2D eigenvalue weighted by atomic mass is 79.9. The van der Waals surface area contributed by atoms with Gasteiger partial charge in [0.15, 0.2) is 0 Å². The van der Waals surface area contributed by atoms with Gasteiger partial charge in [-0.2, -0.15) is 0 Å². The first-order valence-electron chi connectivity index (χ1n) is 7.38. The lowest BCUT2D eigenvalue weighted by molar-refractivity contribution is -0.157. The fraction of sp³-hybridized carbons (Fsp3) is 0.235. The molecule has 2 aromatic rings. The zero-order valence-corrected chi connectivity index (χ0v) is 15.4. The van der Waals surface area contributed by atoms with E-state index in [-0.39, 0.29) is 30.1 Å². The van der Waals surface area contributed by atoms with Gasteiger partial charge < -0.3 is 14.8 Å². The first kappa shape index (κ1) is 17.7. The van der Waals surface area contributed by atoms with Crippen LogP contribution in [0.25, 0.3) is 0 Å². The topological polar surface area (TPSA) is 96.6 Å². The average Bonchev–Trinajstić information content (AvgIpc) is 3.06. The molecule has 0 atom stereocenters. The van der Waals surface area contributed by atoms with Crippen LogP contribution in [0.1, 0.15) is 33.7 Å².